The lowest BCUT2D eigenvalue weighted by Gasteiger charge is -2.28. The Morgan fingerprint density at radius 2 is 1.88 bits per heavy atom. The van der Waals surface area contributed by atoms with Crippen LogP contribution >= 0.6 is 11.9 Å². The van der Waals surface area contributed by atoms with Crippen LogP contribution in [0.3, 0.4) is 0 Å². The molecule has 0 aliphatic carbocycles. The van der Waals surface area contributed by atoms with Gasteiger partial charge >= 0.3 is 0 Å². The van der Waals surface area contributed by atoms with Crippen molar-refractivity contribution in [1.29, 1.82) is 5.26 Å². The summed E-state index contributed by atoms with van der Waals surface area (Å²) in [6.45, 7) is 5.36. The molecule has 1 saturated heterocycles. The van der Waals surface area contributed by atoms with Crippen LogP contribution in [-0.4, -0.2) is 27.6 Å². The molecule has 0 unspecified atom stereocenters. The molecule has 1 aromatic carbocycles. The van der Waals surface area contributed by atoms with Crippen LogP contribution < -0.4 is 0 Å². The average molecular weight is 360 g/mol. The van der Waals surface area contributed by atoms with Crippen molar-refractivity contribution in [2.75, 3.05) is 13.1 Å². The number of H-pyrrole nitrogens is 1. The maximum absolute atomic E-state index is 14.0. The normalized spacial score (nSPS) is 15.2. The number of halogens is 2. The van der Waals surface area contributed by atoms with Crippen LogP contribution in [0.15, 0.2) is 28.7 Å². The smallest absolute Gasteiger partial charge is 0.134 e. The van der Waals surface area contributed by atoms with Gasteiger partial charge < -0.3 is 0 Å². The molecule has 2 aromatic rings. The highest BCUT2D eigenvalue weighted by molar-refractivity contribution is 7.97. The SMILES string of the molecule is Cc1n[nH]c(C)c1SN1CCC(=C(C#N)c2c(F)cccc2F)CC1. The molecule has 0 bridgehead atoms. The fourth-order valence-electron chi connectivity index (χ4n) is 2.95. The molecular weight excluding hydrogens is 342 g/mol. The van der Waals surface area contributed by atoms with Gasteiger partial charge in [0.15, 0.2) is 0 Å². The molecule has 2 heterocycles. The first-order valence-corrected chi connectivity index (χ1v) is 8.79. The van der Waals surface area contributed by atoms with E-state index in [1.54, 1.807) is 11.9 Å². The van der Waals surface area contributed by atoms with Crippen LogP contribution in [-0.2, 0) is 0 Å². The van der Waals surface area contributed by atoms with Crippen molar-refractivity contribution in [3.8, 4) is 6.07 Å². The second-order valence-corrected chi connectivity index (χ2v) is 7.08. The Bertz CT molecular complexity index is 817. The van der Waals surface area contributed by atoms with Gasteiger partial charge in [0.1, 0.15) is 11.6 Å². The van der Waals surface area contributed by atoms with Gasteiger partial charge in [-0.15, -0.1) is 0 Å². The second-order valence-electron chi connectivity index (χ2n) is 5.97. The number of aromatic nitrogens is 2. The quantitative estimate of drug-likeness (QED) is 0.652. The van der Waals surface area contributed by atoms with Crippen molar-refractivity contribution in [2.24, 2.45) is 0 Å². The maximum atomic E-state index is 14.0. The van der Waals surface area contributed by atoms with Crippen molar-refractivity contribution < 1.29 is 8.78 Å². The summed E-state index contributed by atoms with van der Waals surface area (Å²) in [4.78, 5) is 1.10. The van der Waals surface area contributed by atoms with E-state index in [2.05, 4.69) is 14.5 Å². The van der Waals surface area contributed by atoms with E-state index in [4.69, 9.17) is 0 Å². The molecule has 0 spiro atoms. The molecule has 0 radical (unpaired) electrons. The Balaban J connectivity index is 1.78. The number of nitrogens with zero attached hydrogens (tertiary/aromatic N) is 3. The van der Waals surface area contributed by atoms with E-state index < -0.39 is 11.6 Å². The Kier molecular flexibility index (Phi) is 5.21. The van der Waals surface area contributed by atoms with Crippen LogP contribution in [0.4, 0.5) is 8.78 Å². The molecule has 7 heteroatoms. The summed E-state index contributed by atoms with van der Waals surface area (Å²) >= 11 is 1.63. The number of aryl methyl sites for hydroxylation is 2. The van der Waals surface area contributed by atoms with Gasteiger partial charge in [0.25, 0.3) is 0 Å². The first-order chi connectivity index (χ1) is 12.0. The fourth-order valence-corrected chi connectivity index (χ4v) is 3.93. The third-order valence-corrected chi connectivity index (χ3v) is 5.69. The molecule has 0 atom stereocenters. The van der Waals surface area contributed by atoms with Crippen LogP contribution in [0.2, 0.25) is 0 Å². The Hall–Kier alpha value is -2.17. The highest BCUT2D eigenvalue weighted by Crippen LogP contribution is 2.34. The fraction of sp³-hybridized carbons (Fsp3) is 0.333. The summed E-state index contributed by atoms with van der Waals surface area (Å²) in [6, 6.07) is 5.69. The average Bonchev–Trinajstić information content (AvgIpc) is 2.91. The number of piperidine rings is 1. The van der Waals surface area contributed by atoms with E-state index >= 15 is 0 Å². The molecule has 1 aliphatic rings. The maximum Gasteiger partial charge on any atom is 0.134 e. The number of rotatable bonds is 3. The van der Waals surface area contributed by atoms with E-state index in [1.807, 2.05) is 19.9 Å². The van der Waals surface area contributed by atoms with E-state index in [0.717, 1.165) is 21.9 Å². The zero-order valence-corrected chi connectivity index (χ0v) is 14.9. The lowest BCUT2D eigenvalue weighted by atomic mass is 9.94. The second kappa shape index (κ2) is 7.38. The van der Waals surface area contributed by atoms with Crippen molar-refractivity contribution in [3.63, 3.8) is 0 Å². The molecule has 1 aliphatic heterocycles. The molecular formula is C18H18F2N4S. The molecule has 3 rings (SSSR count). The third kappa shape index (κ3) is 3.60. The van der Waals surface area contributed by atoms with Crippen LogP contribution in [0.5, 0.6) is 0 Å². The third-order valence-electron chi connectivity index (χ3n) is 4.28. The molecule has 25 heavy (non-hydrogen) atoms. The first-order valence-electron chi connectivity index (χ1n) is 8.02. The summed E-state index contributed by atoms with van der Waals surface area (Å²) in [7, 11) is 0. The van der Waals surface area contributed by atoms with E-state index in [-0.39, 0.29) is 11.1 Å². The van der Waals surface area contributed by atoms with Crippen LogP contribution in [0.25, 0.3) is 5.57 Å². The zero-order valence-electron chi connectivity index (χ0n) is 14.1. The van der Waals surface area contributed by atoms with Gasteiger partial charge in [-0.3, -0.25) is 5.10 Å². The molecule has 1 N–H and O–H groups in total. The lowest BCUT2D eigenvalue weighted by Crippen LogP contribution is -2.25. The van der Waals surface area contributed by atoms with Gasteiger partial charge in [-0.25, -0.2) is 13.1 Å². The standard InChI is InChI=1S/C18H18F2N4S/c1-11-18(12(2)23-22-11)25-24-8-6-13(7-9-24)14(10-21)17-15(19)4-3-5-16(17)20/h3-5H,6-9H2,1-2H3,(H,22,23). The van der Waals surface area contributed by atoms with Crippen molar-refractivity contribution in [2.45, 2.75) is 31.6 Å². The summed E-state index contributed by atoms with van der Waals surface area (Å²) in [5.74, 6) is -1.38. The van der Waals surface area contributed by atoms with Gasteiger partial charge in [-0.1, -0.05) is 6.07 Å². The van der Waals surface area contributed by atoms with Crippen LogP contribution in [0.1, 0.15) is 29.8 Å². The number of hydrogen-bond donors (Lipinski definition) is 1. The van der Waals surface area contributed by atoms with Gasteiger partial charge in [-0.05, 0) is 56.3 Å². The van der Waals surface area contributed by atoms with Gasteiger partial charge in [0.2, 0.25) is 0 Å². The monoisotopic (exact) mass is 360 g/mol. The van der Waals surface area contributed by atoms with Crippen molar-refractivity contribution in [3.05, 3.63) is 52.4 Å². The molecule has 0 amide bonds. The minimum absolute atomic E-state index is 0.135. The summed E-state index contributed by atoms with van der Waals surface area (Å²) in [5, 5.41) is 16.6. The molecule has 130 valence electrons. The molecule has 0 saturated carbocycles. The minimum Gasteiger partial charge on any atom is -0.281 e. The van der Waals surface area contributed by atoms with Gasteiger partial charge in [-0.2, -0.15) is 10.4 Å². The Morgan fingerprint density at radius 1 is 1.24 bits per heavy atom. The number of benzene rings is 1. The number of nitriles is 1. The van der Waals surface area contributed by atoms with Gasteiger partial charge in [0.05, 0.1) is 27.8 Å². The number of hydrogen-bond acceptors (Lipinski definition) is 4. The predicted octanol–water partition coefficient (Wildman–Crippen LogP) is 4.39. The number of nitrogens with one attached hydrogen (secondary N) is 1. The highest BCUT2D eigenvalue weighted by Gasteiger charge is 2.23. The molecule has 1 aromatic heterocycles. The number of aromatic amines is 1. The topological polar surface area (TPSA) is 55.7 Å². The zero-order chi connectivity index (χ0) is 18.0. The molecule has 4 nitrogen and oxygen atoms in total. The van der Waals surface area contributed by atoms with Crippen molar-refractivity contribution in [1.82, 2.24) is 14.5 Å². The molecule has 1 fully saturated rings. The van der Waals surface area contributed by atoms with Gasteiger partial charge in [0, 0.05) is 18.8 Å². The summed E-state index contributed by atoms with van der Waals surface area (Å²) < 4.78 is 30.2. The van der Waals surface area contributed by atoms with Crippen molar-refractivity contribution >= 4 is 17.5 Å². The first kappa shape index (κ1) is 17.6. The Labute approximate surface area is 149 Å². The number of allylic oxidation sites excluding steroid dienone is 1. The van der Waals surface area contributed by atoms with Crippen LogP contribution in [0, 0.1) is 36.8 Å². The largest absolute Gasteiger partial charge is 0.281 e. The van der Waals surface area contributed by atoms with E-state index in [1.165, 1.54) is 18.2 Å². The summed E-state index contributed by atoms with van der Waals surface area (Å²) in [6.07, 6.45) is 1.22. The minimum atomic E-state index is -0.689. The summed E-state index contributed by atoms with van der Waals surface area (Å²) in [5.41, 5.74) is 2.72. The van der Waals surface area contributed by atoms with E-state index in [9.17, 15) is 14.0 Å². The Morgan fingerprint density at radius 3 is 2.40 bits per heavy atom. The predicted molar refractivity (Wildman–Crippen MR) is 93.6 cm³/mol. The highest BCUT2D eigenvalue weighted by atomic mass is 32.2. The lowest BCUT2D eigenvalue weighted by molar-refractivity contribution is 0.435. The van der Waals surface area contributed by atoms with E-state index in [0.29, 0.717) is 25.9 Å².